The minimum Gasteiger partial charge on any atom is -0.367 e. The fraction of sp³-hybridized carbons (Fsp3) is 0.625. The molecule has 0 atom stereocenters. The quantitative estimate of drug-likeness (QED) is 0.730. The first-order valence-corrected chi connectivity index (χ1v) is 4.48. The molecule has 4 nitrogen and oxygen atoms in total. The first kappa shape index (κ1) is 11.8. The minimum absolute atomic E-state index is 0.246. The molecule has 0 amide bonds. The van der Waals surface area contributed by atoms with Crippen LogP contribution in [0.4, 0.5) is 19.0 Å². The molecular formula is C8H13F3N4. The van der Waals surface area contributed by atoms with Crippen LogP contribution >= 0.6 is 0 Å². The molecule has 0 aromatic carbocycles. The number of halogens is 3. The number of hydrogen-bond donors (Lipinski definition) is 2. The van der Waals surface area contributed by atoms with Crippen LogP contribution in [0.3, 0.4) is 0 Å². The van der Waals surface area contributed by atoms with Gasteiger partial charge in [0.15, 0.2) is 0 Å². The average molecular weight is 222 g/mol. The highest BCUT2D eigenvalue weighted by Crippen LogP contribution is 2.11. The van der Waals surface area contributed by atoms with E-state index in [-0.39, 0.29) is 6.54 Å². The zero-order chi connectivity index (χ0) is 11.3. The zero-order valence-electron chi connectivity index (χ0n) is 8.30. The van der Waals surface area contributed by atoms with Gasteiger partial charge in [0.1, 0.15) is 5.82 Å². The van der Waals surface area contributed by atoms with Crippen molar-refractivity contribution in [2.45, 2.75) is 6.18 Å². The Labute approximate surface area is 85.5 Å². The third kappa shape index (κ3) is 5.26. The number of rotatable bonds is 5. The SMILES string of the molecule is Cn1ccc(NCCNCC(F)(F)F)n1. The van der Waals surface area contributed by atoms with Crippen molar-refractivity contribution in [2.75, 3.05) is 25.0 Å². The van der Waals surface area contributed by atoms with Crippen LogP contribution in [-0.4, -0.2) is 35.6 Å². The molecule has 0 saturated heterocycles. The molecule has 1 heterocycles. The Hall–Kier alpha value is -1.24. The van der Waals surface area contributed by atoms with E-state index in [1.807, 2.05) is 0 Å². The average Bonchev–Trinajstić information content (AvgIpc) is 2.49. The molecule has 2 N–H and O–H groups in total. The number of alkyl halides is 3. The van der Waals surface area contributed by atoms with Gasteiger partial charge in [0.2, 0.25) is 0 Å². The third-order valence-corrected chi connectivity index (χ3v) is 1.65. The van der Waals surface area contributed by atoms with Crippen LogP contribution in [0.25, 0.3) is 0 Å². The molecule has 86 valence electrons. The number of aryl methyl sites for hydroxylation is 1. The summed E-state index contributed by atoms with van der Waals surface area (Å²) in [6.07, 6.45) is -2.39. The summed E-state index contributed by atoms with van der Waals surface area (Å²) in [5.74, 6) is 0.659. The lowest BCUT2D eigenvalue weighted by atomic mass is 10.5. The number of aromatic nitrogens is 2. The van der Waals surface area contributed by atoms with E-state index in [4.69, 9.17) is 0 Å². The fourth-order valence-corrected chi connectivity index (χ4v) is 1.02. The van der Waals surface area contributed by atoms with E-state index in [0.717, 1.165) is 0 Å². The largest absolute Gasteiger partial charge is 0.401 e. The summed E-state index contributed by atoms with van der Waals surface area (Å²) < 4.78 is 36.7. The van der Waals surface area contributed by atoms with E-state index >= 15 is 0 Å². The van der Waals surface area contributed by atoms with Crippen molar-refractivity contribution in [1.82, 2.24) is 15.1 Å². The lowest BCUT2D eigenvalue weighted by molar-refractivity contribution is -0.124. The predicted octanol–water partition coefficient (Wildman–Crippen LogP) is 0.984. The molecule has 0 saturated carbocycles. The van der Waals surface area contributed by atoms with Gasteiger partial charge in [0.05, 0.1) is 6.54 Å². The van der Waals surface area contributed by atoms with Crippen molar-refractivity contribution in [3.05, 3.63) is 12.3 Å². The molecule has 1 rings (SSSR count). The second kappa shape index (κ2) is 5.01. The van der Waals surface area contributed by atoms with Crippen molar-refractivity contribution in [2.24, 2.45) is 7.05 Å². The number of hydrogen-bond acceptors (Lipinski definition) is 3. The maximum atomic E-state index is 11.7. The Morgan fingerprint density at radius 2 is 2.13 bits per heavy atom. The van der Waals surface area contributed by atoms with Crippen molar-refractivity contribution >= 4 is 5.82 Å². The zero-order valence-corrected chi connectivity index (χ0v) is 8.30. The number of anilines is 1. The Bertz CT molecular complexity index is 294. The summed E-state index contributed by atoms with van der Waals surface area (Å²) in [6, 6.07) is 1.75. The van der Waals surface area contributed by atoms with Crippen molar-refractivity contribution < 1.29 is 13.2 Å². The number of nitrogens with zero attached hydrogens (tertiary/aromatic N) is 2. The van der Waals surface area contributed by atoms with Gasteiger partial charge < -0.3 is 10.6 Å². The lowest BCUT2D eigenvalue weighted by Crippen LogP contribution is -2.32. The van der Waals surface area contributed by atoms with Crippen molar-refractivity contribution in [1.29, 1.82) is 0 Å². The summed E-state index contributed by atoms with van der Waals surface area (Å²) >= 11 is 0. The maximum Gasteiger partial charge on any atom is 0.401 e. The molecule has 0 bridgehead atoms. The molecule has 0 unspecified atom stereocenters. The second-order valence-electron chi connectivity index (χ2n) is 3.09. The second-order valence-corrected chi connectivity index (χ2v) is 3.09. The lowest BCUT2D eigenvalue weighted by Gasteiger charge is -2.08. The third-order valence-electron chi connectivity index (χ3n) is 1.65. The molecule has 0 aliphatic heterocycles. The molecule has 7 heteroatoms. The van der Waals surface area contributed by atoms with Crippen LogP contribution in [0.15, 0.2) is 12.3 Å². The first-order chi connectivity index (χ1) is 6.97. The van der Waals surface area contributed by atoms with Gasteiger partial charge >= 0.3 is 6.18 Å². The summed E-state index contributed by atoms with van der Waals surface area (Å²) in [6.45, 7) is -0.305. The summed E-state index contributed by atoms with van der Waals surface area (Å²) in [4.78, 5) is 0. The highest BCUT2D eigenvalue weighted by molar-refractivity contribution is 5.31. The highest BCUT2D eigenvalue weighted by Gasteiger charge is 2.25. The van der Waals surface area contributed by atoms with Gasteiger partial charge in [-0.1, -0.05) is 0 Å². The van der Waals surface area contributed by atoms with E-state index in [0.29, 0.717) is 12.4 Å². The topological polar surface area (TPSA) is 41.9 Å². The number of nitrogens with one attached hydrogen (secondary N) is 2. The summed E-state index contributed by atoms with van der Waals surface area (Å²) in [7, 11) is 1.77. The Morgan fingerprint density at radius 1 is 1.40 bits per heavy atom. The highest BCUT2D eigenvalue weighted by atomic mass is 19.4. The molecule has 0 radical (unpaired) electrons. The van der Waals surface area contributed by atoms with E-state index in [1.165, 1.54) is 0 Å². The van der Waals surface area contributed by atoms with Crippen LogP contribution in [0.2, 0.25) is 0 Å². The van der Waals surface area contributed by atoms with Gasteiger partial charge in [-0.2, -0.15) is 18.3 Å². The summed E-state index contributed by atoms with van der Waals surface area (Å²) in [5, 5.41) is 9.18. The predicted molar refractivity (Wildman–Crippen MR) is 50.6 cm³/mol. The smallest absolute Gasteiger partial charge is 0.367 e. The molecule has 1 aromatic heterocycles. The van der Waals surface area contributed by atoms with Gasteiger partial charge in [0, 0.05) is 32.4 Å². The fourth-order valence-electron chi connectivity index (χ4n) is 1.02. The molecular weight excluding hydrogens is 209 g/mol. The normalized spacial score (nSPS) is 11.7. The van der Waals surface area contributed by atoms with Gasteiger partial charge in [-0.25, -0.2) is 0 Å². The Balaban J connectivity index is 2.07. The van der Waals surface area contributed by atoms with Gasteiger partial charge in [0.25, 0.3) is 0 Å². The molecule has 0 fully saturated rings. The molecule has 0 aliphatic carbocycles. The van der Waals surface area contributed by atoms with Crippen molar-refractivity contribution in [3.8, 4) is 0 Å². The van der Waals surface area contributed by atoms with Gasteiger partial charge in [-0.15, -0.1) is 0 Å². The molecule has 0 aliphatic rings. The molecule has 15 heavy (non-hydrogen) atoms. The minimum atomic E-state index is -4.15. The molecule has 1 aromatic rings. The van der Waals surface area contributed by atoms with Crippen molar-refractivity contribution in [3.63, 3.8) is 0 Å². The summed E-state index contributed by atoms with van der Waals surface area (Å²) in [5.41, 5.74) is 0. The van der Waals surface area contributed by atoms with Gasteiger partial charge in [-0.3, -0.25) is 4.68 Å². The van der Waals surface area contributed by atoms with Gasteiger partial charge in [-0.05, 0) is 0 Å². The van der Waals surface area contributed by atoms with Crippen LogP contribution in [0.1, 0.15) is 0 Å². The molecule has 0 spiro atoms. The van der Waals surface area contributed by atoms with E-state index in [1.54, 1.807) is 24.0 Å². The first-order valence-electron chi connectivity index (χ1n) is 4.48. The Morgan fingerprint density at radius 3 is 2.67 bits per heavy atom. The monoisotopic (exact) mass is 222 g/mol. The standard InChI is InChI=1S/C8H13F3N4/c1-15-5-2-7(14-15)13-4-3-12-6-8(9,10)11/h2,5,12H,3-4,6H2,1H3,(H,13,14). The van der Waals surface area contributed by atoms with Crippen LogP contribution in [-0.2, 0) is 7.05 Å². The van der Waals surface area contributed by atoms with Crippen LogP contribution in [0.5, 0.6) is 0 Å². The van der Waals surface area contributed by atoms with E-state index in [2.05, 4.69) is 15.7 Å². The van der Waals surface area contributed by atoms with Crippen LogP contribution in [0, 0.1) is 0 Å². The Kier molecular flexibility index (Phi) is 3.96. The van der Waals surface area contributed by atoms with E-state index in [9.17, 15) is 13.2 Å². The maximum absolute atomic E-state index is 11.7. The van der Waals surface area contributed by atoms with E-state index < -0.39 is 12.7 Å². The van der Waals surface area contributed by atoms with Crippen LogP contribution < -0.4 is 10.6 Å².